The first-order chi connectivity index (χ1) is 9.79. The number of nitrogens with zero attached hydrogens (tertiary/aromatic N) is 3. The van der Waals surface area contributed by atoms with Crippen LogP contribution >= 0.6 is 15.9 Å². The number of alkyl halides is 2. The largest absolute Gasteiger partial charge is 0.434 e. The van der Waals surface area contributed by atoms with Crippen LogP contribution < -0.4 is 9.64 Å². The topological polar surface area (TPSA) is 58.8 Å². The number of hydrogen-bond donors (Lipinski definition) is 0. The van der Waals surface area contributed by atoms with Gasteiger partial charge in [-0.25, -0.2) is 0 Å². The SMILES string of the molecule is CN(C)C1CN(c2cc(OC(F)F)c(Br)cc2[N+](=O)[O-])C1. The van der Waals surface area contributed by atoms with Crippen molar-refractivity contribution in [1.82, 2.24) is 4.90 Å². The van der Waals surface area contributed by atoms with Gasteiger partial charge >= 0.3 is 6.61 Å². The molecule has 0 amide bonds. The molecule has 0 radical (unpaired) electrons. The second-order valence-electron chi connectivity index (χ2n) is 4.93. The number of nitro benzene ring substituents is 1. The summed E-state index contributed by atoms with van der Waals surface area (Å²) in [6.45, 7) is -1.78. The summed E-state index contributed by atoms with van der Waals surface area (Å²) in [6.07, 6.45) is 0. The van der Waals surface area contributed by atoms with Crippen LogP contribution in [-0.4, -0.2) is 49.7 Å². The van der Waals surface area contributed by atoms with Crippen molar-refractivity contribution in [2.75, 3.05) is 32.1 Å². The average Bonchev–Trinajstić information content (AvgIpc) is 2.29. The zero-order chi connectivity index (χ0) is 15.7. The Bertz CT molecular complexity index is 551. The molecule has 21 heavy (non-hydrogen) atoms. The molecule has 1 fully saturated rings. The van der Waals surface area contributed by atoms with Crippen LogP contribution in [0.15, 0.2) is 16.6 Å². The van der Waals surface area contributed by atoms with E-state index < -0.39 is 11.5 Å². The molecule has 9 heteroatoms. The molecule has 0 unspecified atom stereocenters. The first-order valence-corrected chi connectivity index (χ1v) is 6.93. The van der Waals surface area contributed by atoms with E-state index in [0.29, 0.717) is 13.1 Å². The molecule has 0 aromatic heterocycles. The molecule has 1 aromatic carbocycles. The van der Waals surface area contributed by atoms with Gasteiger partial charge in [0.25, 0.3) is 5.69 Å². The third-order valence-corrected chi connectivity index (χ3v) is 3.99. The predicted octanol–water partition coefficient (Wildman–Crippen LogP) is 2.71. The summed E-state index contributed by atoms with van der Waals surface area (Å²) >= 11 is 3.01. The Hall–Kier alpha value is -1.48. The highest BCUT2D eigenvalue weighted by Crippen LogP contribution is 2.40. The molecule has 0 aliphatic carbocycles. The summed E-state index contributed by atoms with van der Waals surface area (Å²) in [4.78, 5) is 14.4. The monoisotopic (exact) mass is 365 g/mol. The van der Waals surface area contributed by atoms with Crippen molar-refractivity contribution in [2.45, 2.75) is 12.7 Å². The molecule has 0 atom stereocenters. The van der Waals surface area contributed by atoms with Gasteiger partial charge in [0.1, 0.15) is 11.4 Å². The molecule has 2 rings (SSSR count). The van der Waals surface area contributed by atoms with Crippen molar-refractivity contribution >= 4 is 27.3 Å². The van der Waals surface area contributed by atoms with E-state index in [2.05, 4.69) is 20.7 Å². The van der Waals surface area contributed by atoms with Gasteiger partial charge in [0.2, 0.25) is 0 Å². The summed E-state index contributed by atoms with van der Waals surface area (Å²) in [5.41, 5.74) is 0.151. The van der Waals surface area contributed by atoms with Gasteiger partial charge < -0.3 is 14.5 Å². The number of benzene rings is 1. The first-order valence-electron chi connectivity index (χ1n) is 6.13. The molecule has 0 bridgehead atoms. The maximum atomic E-state index is 12.4. The van der Waals surface area contributed by atoms with Crippen LogP contribution in [0.2, 0.25) is 0 Å². The lowest BCUT2D eigenvalue weighted by atomic mass is 10.1. The van der Waals surface area contributed by atoms with Crippen molar-refractivity contribution < 1.29 is 18.4 Å². The van der Waals surface area contributed by atoms with Gasteiger partial charge in [0.05, 0.1) is 9.40 Å². The van der Waals surface area contributed by atoms with Crippen LogP contribution in [0.25, 0.3) is 0 Å². The van der Waals surface area contributed by atoms with E-state index in [-0.39, 0.29) is 27.6 Å². The minimum atomic E-state index is -2.98. The Kier molecular flexibility index (Phi) is 4.62. The third kappa shape index (κ3) is 3.41. The third-order valence-electron chi connectivity index (χ3n) is 3.38. The second kappa shape index (κ2) is 6.10. The molecule has 0 saturated carbocycles. The molecule has 116 valence electrons. The Labute approximate surface area is 128 Å². The molecule has 6 nitrogen and oxygen atoms in total. The lowest BCUT2D eigenvalue weighted by Crippen LogP contribution is -2.57. The summed E-state index contributed by atoms with van der Waals surface area (Å²) in [7, 11) is 3.84. The number of ether oxygens (including phenoxy) is 1. The highest BCUT2D eigenvalue weighted by atomic mass is 79.9. The summed E-state index contributed by atoms with van der Waals surface area (Å²) < 4.78 is 29.2. The lowest BCUT2D eigenvalue weighted by molar-refractivity contribution is -0.384. The van der Waals surface area contributed by atoms with Crippen molar-refractivity contribution in [3.8, 4) is 5.75 Å². The minimum absolute atomic E-state index is 0.112. The quantitative estimate of drug-likeness (QED) is 0.593. The van der Waals surface area contributed by atoms with Crippen LogP contribution in [0.1, 0.15) is 0 Å². The molecule has 1 aliphatic rings. The highest BCUT2D eigenvalue weighted by molar-refractivity contribution is 9.10. The maximum Gasteiger partial charge on any atom is 0.387 e. The second-order valence-corrected chi connectivity index (χ2v) is 5.78. The molecular formula is C12H14BrF2N3O3. The maximum absolute atomic E-state index is 12.4. The molecule has 1 aromatic rings. The van der Waals surface area contributed by atoms with E-state index in [1.165, 1.54) is 12.1 Å². The molecular weight excluding hydrogens is 352 g/mol. The fraction of sp³-hybridized carbons (Fsp3) is 0.500. The number of likely N-dealkylation sites (N-methyl/N-ethyl adjacent to an activating group) is 1. The summed E-state index contributed by atoms with van der Waals surface area (Å²) in [5.74, 6) is -0.112. The normalized spacial score (nSPS) is 15.5. The Morgan fingerprint density at radius 1 is 1.48 bits per heavy atom. The number of rotatable bonds is 5. The van der Waals surface area contributed by atoms with Crippen LogP contribution in [0.5, 0.6) is 5.75 Å². The van der Waals surface area contributed by atoms with Gasteiger partial charge in [-0.05, 0) is 30.0 Å². The molecule has 1 heterocycles. The van der Waals surface area contributed by atoms with Crippen molar-refractivity contribution in [3.63, 3.8) is 0 Å². The van der Waals surface area contributed by atoms with E-state index in [1.54, 1.807) is 4.90 Å². The van der Waals surface area contributed by atoms with E-state index in [1.807, 2.05) is 19.0 Å². The Balaban J connectivity index is 2.31. The summed E-state index contributed by atoms with van der Waals surface area (Å²) in [6, 6.07) is 2.75. The van der Waals surface area contributed by atoms with Gasteiger partial charge in [0, 0.05) is 31.3 Å². The van der Waals surface area contributed by atoms with Crippen LogP contribution in [0.3, 0.4) is 0 Å². The molecule has 1 aliphatic heterocycles. The highest BCUT2D eigenvalue weighted by Gasteiger charge is 2.33. The minimum Gasteiger partial charge on any atom is -0.434 e. The molecule has 0 N–H and O–H groups in total. The van der Waals surface area contributed by atoms with E-state index in [4.69, 9.17) is 0 Å². The van der Waals surface area contributed by atoms with Crippen molar-refractivity contribution in [2.24, 2.45) is 0 Å². The Morgan fingerprint density at radius 3 is 2.57 bits per heavy atom. The van der Waals surface area contributed by atoms with Crippen LogP contribution in [-0.2, 0) is 0 Å². The number of nitro groups is 1. The van der Waals surface area contributed by atoms with Gasteiger partial charge in [-0.1, -0.05) is 0 Å². The molecule has 1 saturated heterocycles. The van der Waals surface area contributed by atoms with Gasteiger partial charge in [0.15, 0.2) is 0 Å². The van der Waals surface area contributed by atoms with Gasteiger partial charge in [-0.2, -0.15) is 8.78 Å². The number of hydrogen-bond acceptors (Lipinski definition) is 5. The Morgan fingerprint density at radius 2 is 2.10 bits per heavy atom. The predicted molar refractivity (Wildman–Crippen MR) is 77.1 cm³/mol. The zero-order valence-corrected chi connectivity index (χ0v) is 13.0. The van der Waals surface area contributed by atoms with E-state index in [0.717, 1.165) is 0 Å². The molecule has 0 spiro atoms. The smallest absolute Gasteiger partial charge is 0.387 e. The van der Waals surface area contributed by atoms with Crippen molar-refractivity contribution in [3.05, 3.63) is 26.7 Å². The average molecular weight is 366 g/mol. The van der Waals surface area contributed by atoms with Gasteiger partial charge in [-0.15, -0.1) is 0 Å². The van der Waals surface area contributed by atoms with Crippen molar-refractivity contribution in [1.29, 1.82) is 0 Å². The first kappa shape index (κ1) is 15.9. The van der Waals surface area contributed by atoms with Gasteiger partial charge in [-0.3, -0.25) is 10.1 Å². The zero-order valence-electron chi connectivity index (χ0n) is 11.4. The number of anilines is 1. The fourth-order valence-electron chi connectivity index (χ4n) is 2.10. The van der Waals surface area contributed by atoms with E-state index >= 15 is 0 Å². The lowest BCUT2D eigenvalue weighted by Gasteiger charge is -2.44. The van der Waals surface area contributed by atoms with E-state index in [9.17, 15) is 18.9 Å². The standard InChI is InChI=1S/C12H14BrF2N3O3/c1-16(2)7-5-17(6-7)9-4-11(21-12(14)15)8(13)3-10(9)18(19)20/h3-4,7,12H,5-6H2,1-2H3. The fourth-order valence-corrected chi connectivity index (χ4v) is 2.52. The summed E-state index contributed by atoms with van der Waals surface area (Å²) in [5, 5.41) is 11.1. The number of halogens is 3. The van der Waals surface area contributed by atoms with Crippen LogP contribution in [0, 0.1) is 10.1 Å². The van der Waals surface area contributed by atoms with Crippen LogP contribution in [0.4, 0.5) is 20.2 Å².